The van der Waals surface area contributed by atoms with Crippen LogP contribution in [0.4, 0.5) is 4.39 Å². The summed E-state index contributed by atoms with van der Waals surface area (Å²) in [4.78, 5) is 30.0. The van der Waals surface area contributed by atoms with Crippen LogP contribution in [0, 0.1) is 18.2 Å². The summed E-state index contributed by atoms with van der Waals surface area (Å²) < 4.78 is 44.1. The minimum Gasteiger partial charge on any atom is -0.478 e. The van der Waals surface area contributed by atoms with Crippen LogP contribution in [0.3, 0.4) is 0 Å². The van der Waals surface area contributed by atoms with Crippen LogP contribution >= 0.6 is 0 Å². The predicted molar refractivity (Wildman–Crippen MR) is 148 cm³/mol. The lowest BCUT2D eigenvalue weighted by Crippen LogP contribution is -2.53. The summed E-state index contributed by atoms with van der Waals surface area (Å²) in [6.07, 6.45) is 5.54. The van der Waals surface area contributed by atoms with Gasteiger partial charge in [0.1, 0.15) is 11.5 Å². The van der Waals surface area contributed by atoms with Crippen LogP contribution in [0.15, 0.2) is 83.5 Å². The van der Waals surface area contributed by atoms with E-state index in [1.807, 2.05) is 13.0 Å². The van der Waals surface area contributed by atoms with Gasteiger partial charge in [0.15, 0.2) is 5.78 Å². The van der Waals surface area contributed by atoms with E-state index in [1.54, 1.807) is 41.3 Å². The largest absolute Gasteiger partial charge is 0.478 e. The lowest BCUT2D eigenvalue weighted by molar-refractivity contribution is 0.0696. The fraction of sp³-hybridized carbons (Fsp3) is 0.200. The number of carbonyl (C=O) groups is 2. The van der Waals surface area contributed by atoms with E-state index in [0.717, 1.165) is 28.5 Å². The summed E-state index contributed by atoms with van der Waals surface area (Å²) in [5.41, 5.74) is 2.59. The van der Waals surface area contributed by atoms with Crippen molar-refractivity contribution in [3.63, 3.8) is 0 Å². The van der Waals surface area contributed by atoms with Gasteiger partial charge in [-0.25, -0.2) is 22.3 Å². The number of sulfonamides is 1. The molecule has 0 saturated carbocycles. The number of aryl methyl sites for hydroxylation is 1. The van der Waals surface area contributed by atoms with Gasteiger partial charge in [0.05, 0.1) is 33.5 Å². The summed E-state index contributed by atoms with van der Waals surface area (Å²) >= 11 is 0. The zero-order valence-electron chi connectivity index (χ0n) is 22.0. The maximum absolute atomic E-state index is 14.3. The van der Waals surface area contributed by atoms with Crippen molar-refractivity contribution < 1.29 is 27.5 Å². The number of benzene rings is 2. The van der Waals surface area contributed by atoms with Gasteiger partial charge in [-0.2, -0.15) is 9.40 Å². The van der Waals surface area contributed by atoms with Gasteiger partial charge in [0, 0.05) is 19.3 Å². The molecule has 0 radical (unpaired) electrons. The van der Waals surface area contributed by atoms with Crippen molar-refractivity contribution in [3.8, 4) is 5.69 Å². The average molecular weight is 573 g/mol. The molecule has 2 aromatic carbocycles. The Morgan fingerprint density at radius 2 is 1.85 bits per heavy atom. The molecule has 1 aliphatic carbocycles. The van der Waals surface area contributed by atoms with Gasteiger partial charge in [-0.3, -0.25) is 9.78 Å². The Bertz CT molecular complexity index is 1850. The molecule has 2 aromatic heterocycles. The van der Waals surface area contributed by atoms with Gasteiger partial charge in [0.25, 0.3) is 0 Å². The number of nitrogens with zero attached hydrogens (tertiary/aromatic N) is 4. The molecular formula is C30H25FN4O5S. The second-order valence-electron chi connectivity index (χ2n) is 10.3. The molecule has 1 saturated heterocycles. The highest BCUT2D eigenvalue weighted by molar-refractivity contribution is 7.89. The van der Waals surface area contributed by atoms with Crippen LogP contribution in [-0.2, 0) is 16.4 Å². The van der Waals surface area contributed by atoms with Crippen molar-refractivity contribution >= 4 is 27.9 Å². The molecule has 1 fully saturated rings. The van der Waals surface area contributed by atoms with Crippen molar-refractivity contribution in [2.45, 2.75) is 24.7 Å². The number of pyridine rings is 1. The molecular weight excluding hydrogens is 547 g/mol. The monoisotopic (exact) mass is 572 g/mol. The summed E-state index contributed by atoms with van der Waals surface area (Å²) in [5, 5.41) is 13.9. The third kappa shape index (κ3) is 4.56. The van der Waals surface area contributed by atoms with E-state index in [4.69, 9.17) is 0 Å². The van der Waals surface area contributed by atoms with E-state index in [-0.39, 0.29) is 53.7 Å². The SMILES string of the molecule is Cc1ccnc(C(=O)C23Cc4cnn(-c5ccc(F)cc5)c4C=C2CCN(S(=O)(=O)c2cccc(C(=O)O)c2)C3)c1. The Balaban J connectivity index is 1.45. The Kier molecular flexibility index (Phi) is 6.43. The number of piperidine rings is 1. The van der Waals surface area contributed by atoms with E-state index >= 15 is 0 Å². The minimum absolute atomic E-state index is 0.0990. The molecule has 0 bridgehead atoms. The molecule has 1 unspecified atom stereocenters. The molecule has 1 N–H and O–H groups in total. The fourth-order valence-electron chi connectivity index (χ4n) is 5.65. The number of carboxylic acid groups (broad SMARTS) is 1. The molecule has 4 aromatic rings. The molecule has 41 heavy (non-hydrogen) atoms. The highest BCUT2D eigenvalue weighted by Gasteiger charge is 2.51. The van der Waals surface area contributed by atoms with Crippen LogP contribution in [0.25, 0.3) is 11.8 Å². The number of fused-ring (bicyclic) bond motifs is 2. The number of rotatable bonds is 6. The first-order valence-corrected chi connectivity index (χ1v) is 14.4. The van der Waals surface area contributed by atoms with Gasteiger partial charge in [-0.1, -0.05) is 11.6 Å². The van der Waals surface area contributed by atoms with E-state index < -0.39 is 21.4 Å². The molecule has 2 aliphatic rings. The van der Waals surface area contributed by atoms with Gasteiger partial charge >= 0.3 is 5.97 Å². The lowest BCUT2D eigenvalue weighted by Gasteiger charge is -2.44. The first kappa shape index (κ1) is 26.7. The van der Waals surface area contributed by atoms with Gasteiger partial charge in [-0.05, 0) is 91.6 Å². The van der Waals surface area contributed by atoms with Gasteiger partial charge in [-0.15, -0.1) is 0 Å². The van der Waals surface area contributed by atoms with Crippen LogP contribution in [0.1, 0.15) is 44.1 Å². The summed E-state index contributed by atoms with van der Waals surface area (Å²) in [7, 11) is -4.14. The number of ketones is 1. The number of aromatic carboxylic acids is 1. The number of hydrogen-bond donors (Lipinski definition) is 1. The summed E-state index contributed by atoms with van der Waals surface area (Å²) in [6.45, 7) is 1.81. The first-order valence-electron chi connectivity index (χ1n) is 12.9. The molecule has 0 amide bonds. The number of carbonyl (C=O) groups excluding carboxylic acids is 1. The van der Waals surface area contributed by atoms with Gasteiger partial charge in [0.2, 0.25) is 10.0 Å². The number of aromatic nitrogens is 3. The Morgan fingerprint density at radius 1 is 1.07 bits per heavy atom. The number of Topliss-reactive ketones (excluding diaryl/α,β-unsaturated/α-hetero) is 1. The topological polar surface area (TPSA) is 122 Å². The van der Waals surface area contributed by atoms with Crippen molar-refractivity contribution in [1.82, 2.24) is 19.1 Å². The second-order valence-corrected chi connectivity index (χ2v) is 12.3. The molecule has 0 spiro atoms. The average Bonchev–Trinajstić information content (AvgIpc) is 3.37. The summed E-state index contributed by atoms with van der Waals surface area (Å²) in [6, 6.07) is 14.6. The molecule has 208 valence electrons. The van der Waals surface area contributed by atoms with Crippen LogP contribution < -0.4 is 0 Å². The minimum atomic E-state index is -4.14. The van der Waals surface area contributed by atoms with Gasteiger partial charge < -0.3 is 5.11 Å². The van der Waals surface area contributed by atoms with Crippen molar-refractivity contribution in [2.75, 3.05) is 13.1 Å². The molecule has 6 rings (SSSR count). The third-order valence-corrected chi connectivity index (χ3v) is 9.59. The predicted octanol–water partition coefficient (Wildman–Crippen LogP) is 4.32. The molecule has 3 heterocycles. The quantitative estimate of drug-likeness (QED) is 0.342. The smallest absolute Gasteiger partial charge is 0.335 e. The zero-order chi connectivity index (χ0) is 28.9. The fourth-order valence-corrected chi connectivity index (χ4v) is 7.20. The normalized spacial score (nSPS) is 18.7. The van der Waals surface area contributed by atoms with E-state index in [0.29, 0.717) is 5.69 Å². The number of carboxylic acids is 1. The summed E-state index contributed by atoms with van der Waals surface area (Å²) in [5.74, 6) is -1.90. The van der Waals surface area contributed by atoms with Crippen molar-refractivity contribution in [3.05, 3.63) is 113 Å². The first-order chi connectivity index (χ1) is 19.6. The van der Waals surface area contributed by atoms with Crippen molar-refractivity contribution in [2.24, 2.45) is 5.41 Å². The van der Waals surface area contributed by atoms with E-state index in [1.165, 1.54) is 34.6 Å². The van der Waals surface area contributed by atoms with Crippen molar-refractivity contribution in [1.29, 1.82) is 0 Å². The Morgan fingerprint density at radius 3 is 2.59 bits per heavy atom. The van der Waals surface area contributed by atoms with Crippen LogP contribution in [0.2, 0.25) is 0 Å². The number of hydrogen-bond acceptors (Lipinski definition) is 6. The molecule has 1 atom stereocenters. The van der Waals surface area contributed by atoms with E-state index in [2.05, 4.69) is 10.1 Å². The van der Waals surface area contributed by atoms with Crippen LogP contribution in [-0.4, -0.2) is 57.4 Å². The highest BCUT2D eigenvalue weighted by Crippen LogP contribution is 2.47. The zero-order valence-corrected chi connectivity index (χ0v) is 22.8. The molecule has 11 heteroatoms. The van der Waals surface area contributed by atoms with E-state index in [9.17, 15) is 27.5 Å². The maximum Gasteiger partial charge on any atom is 0.335 e. The molecule has 1 aliphatic heterocycles. The molecule has 9 nitrogen and oxygen atoms in total. The Hall–Kier alpha value is -4.48. The standard InChI is InChI=1S/C30H25FN4O5S/c1-19-9-11-32-26(13-19)28(36)30-16-21-17-33-35(24-7-5-23(31)6-8-24)27(21)15-22(30)10-12-34(18-30)41(39,40)25-4-2-3-20(14-25)29(37)38/h2-9,11,13-15,17H,10,12,16,18H2,1H3,(H,37,38). The Labute approximate surface area is 235 Å². The maximum atomic E-state index is 14.3. The second kappa shape index (κ2) is 9.86. The third-order valence-electron chi connectivity index (χ3n) is 7.75. The lowest BCUT2D eigenvalue weighted by atomic mass is 9.65. The van der Waals surface area contributed by atoms with Crippen LogP contribution in [0.5, 0.6) is 0 Å². The highest BCUT2D eigenvalue weighted by atomic mass is 32.2. The number of halogens is 1.